The molecule has 21 heavy (non-hydrogen) atoms. The zero-order chi connectivity index (χ0) is 15.7. The van der Waals surface area contributed by atoms with Gasteiger partial charge in [0.05, 0.1) is 15.9 Å². The summed E-state index contributed by atoms with van der Waals surface area (Å²) in [6.45, 7) is 0. The molecule has 0 aliphatic carbocycles. The van der Waals surface area contributed by atoms with Crippen molar-refractivity contribution in [3.8, 4) is 0 Å². The molecule has 2 aromatic rings. The molecule has 9 heteroatoms. The van der Waals surface area contributed by atoms with Crippen molar-refractivity contribution < 1.29 is 9.85 Å². The molecule has 0 saturated heterocycles. The van der Waals surface area contributed by atoms with Crippen molar-refractivity contribution in [2.75, 3.05) is 0 Å². The molecule has 9 nitrogen and oxygen atoms in total. The second-order valence-electron chi connectivity index (χ2n) is 3.56. The van der Waals surface area contributed by atoms with Crippen LogP contribution in [0.15, 0.2) is 59.7 Å². The predicted octanol–water partition coefficient (Wildman–Crippen LogP) is 4.13. The van der Waals surface area contributed by atoms with Gasteiger partial charge in [-0.15, -0.1) is 0 Å². The summed E-state index contributed by atoms with van der Waals surface area (Å²) < 4.78 is 0. The van der Waals surface area contributed by atoms with Crippen LogP contribution in [-0.4, -0.2) is 9.85 Å². The van der Waals surface area contributed by atoms with Crippen molar-refractivity contribution in [1.29, 1.82) is 0 Å². The average Bonchev–Trinajstić information content (AvgIpc) is 2.49. The number of hydrogen-bond donors (Lipinski definition) is 0. The van der Waals surface area contributed by atoms with Gasteiger partial charge in [-0.25, -0.2) is 0 Å². The monoisotopic (exact) mass is 287 g/mol. The molecule has 0 unspecified atom stereocenters. The van der Waals surface area contributed by atoms with Crippen LogP contribution in [0.25, 0.3) is 10.4 Å². The van der Waals surface area contributed by atoms with Crippen LogP contribution in [0.5, 0.6) is 0 Å². The van der Waals surface area contributed by atoms with Crippen LogP contribution in [0.3, 0.4) is 0 Å². The third-order valence-corrected chi connectivity index (χ3v) is 2.17. The molecule has 2 aromatic carbocycles. The zero-order valence-corrected chi connectivity index (χ0v) is 10.6. The van der Waals surface area contributed by atoms with Crippen molar-refractivity contribution in [2.45, 2.75) is 0 Å². The molecule has 0 aliphatic rings. The first-order chi connectivity index (χ1) is 10.0. The van der Waals surface area contributed by atoms with Crippen LogP contribution in [0.2, 0.25) is 0 Å². The van der Waals surface area contributed by atoms with Crippen LogP contribution in [0.4, 0.5) is 17.1 Å². The molecule has 0 spiro atoms. The summed E-state index contributed by atoms with van der Waals surface area (Å²) in [6.07, 6.45) is 0. The third kappa shape index (κ3) is 5.37. The van der Waals surface area contributed by atoms with Crippen molar-refractivity contribution in [3.63, 3.8) is 0 Å². The van der Waals surface area contributed by atoms with E-state index in [0.717, 1.165) is 6.07 Å². The van der Waals surface area contributed by atoms with E-state index in [-0.39, 0.29) is 11.4 Å². The van der Waals surface area contributed by atoms with Gasteiger partial charge in [0.25, 0.3) is 11.4 Å². The Balaban J connectivity index is 0.000000219. The molecule has 0 heterocycles. The minimum Gasteiger partial charge on any atom is -0.258 e. The van der Waals surface area contributed by atoms with Crippen molar-refractivity contribution >= 4 is 17.1 Å². The number of nitro benzene ring substituents is 2. The molecule has 106 valence electrons. The molecule has 0 aliphatic heterocycles. The van der Waals surface area contributed by atoms with Gasteiger partial charge in [-0.3, -0.25) is 20.2 Å². The molecule has 0 aromatic heterocycles. The summed E-state index contributed by atoms with van der Waals surface area (Å²) in [4.78, 5) is 21.6. The van der Waals surface area contributed by atoms with Crippen LogP contribution >= 0.6 is 0 Å². The predicted molar refractivity (Wildman–Crippen MR) is 75.0 cm³/mol. The first-order valence-corrected chi connectivity index (χ1v) is 5.53. The number of nitro groups is 2. The van der Waals surface area contributed by atoms with Gasteiger partial charge in [0.1, 0.15) is 0 Å². The lowest BCUT2D eigenvalue weighted by Crippen LogP contribution is -1.91. The van der Waals surface area contributed by atoms with E-state index < -0.39 is 9.85 Å². The Bertz CT molecular complexity index is 654. The van der Waals surface area contributed by atoms with E-state index in [0.29, 0.717) is 5.69 Å². The molecule has 0 amide bonds. The number of benzene rings is 2. The second-order valence-corrected chi connectivity index (χ2v) is 3.56. The van der Waals surface area contributed by atoms with E-state index >= 15 is 0 Å². The molecule has 0 N–H and O–H groups in total. The van der Waals surface area contributed by atoms with Gasteiger partial charge in [0.15, 0.2) is 0 Å². The largest absolute Gasteiger partial charge is 0.276 e. The summed E-state index contributed by atoms with van der Waals surface area (Å²) in [5.74, 6) is 0. The molecule has 2 rings (SSSR count). The Morgan fingerprint density at radius 1 is 0.905 bits per heavy atom. The maximum absolute atomic E-state index is 10.2. The first kappa shape index (κ1) is 15.6. The van der Waals surface area contributed by atoms with E-state index in [1.807, 2.05) is 18.2 Å². The van der Waals surface area contributed by atoms with Gasteiger partial charge >= 0.3 is 0 Å². The Morgan fingerprint density at radius 3 is 1.86 bits per heavy atom. The zero-order valence-electron chi connectivity index (χ0n) is 10.6. The van der Waals surface area contributed by atoms with Crippen molar-refractivity contribution in [2.24, 2.45) is 5.11 Å². The Hall–Kier alpha value is -3.45. The van der Waals surface area contributed by atoms with Crippen LogP contribution in [-0.2, 0) is 0 Å². The number of non-ortho nitro benzene ring substituents is 2. The van der Waals surface area contributed by atoms with Gasteiger partial charge in [0.2, 0.25) is 0 Å². The summed E-state index contributed by atoms with van der Waals surface area (Å²) in [7, 11) is 0. The smallest absolute Gasteiger partial charge is 0.258 e. The van der Waals surface area contributed by atoms with Gasteiger partial charge in [0, 0.05) is 22.7 Å². The van der Waals surface area contributed by atoms with E-state index in [9.17, 15) is 20.2 Å². The molecule has 0 radical (unpaired) electrons. The third-order valence-electron chi connectivity index (χ3n) is 2.17. The quantitative estimate of drug-likeness (QED) is 0.275. The first-order valence-electron chi connectivity index (χ1n) is 5.53. The molecule has 0 saturated carbocycles. The molecule has 0 fully saturated rings. The number of azide groups is 1. The Labute approximate surface area is 118 Å². The standard InChI is InChI=1S/C6H5N3.C6H4N2O4/c7-9-8-6-4-2-1-3-5-6;9-7(10)5-2-1-3-6(4-5)8(11)12/h1-5H;1-4H. The fourth-order valence-corrected chi connectivity index (χ4v) is 1.27. The van der Waals surface area contributed by atoms with E-state index in [4.69, 9.17) is 5.53 Å². The molecule has 0 bridgehead atoms. The van der Waals surface area contributed by atoms with Gasteiger partial charge in [-0.05, 0) is 11.6 Å². The lowest BCUT2D eigenvalue weighted by Gasteiger charge is -1.90. The minimum atomic E-state index is -0.674. The van der Waals surface area contributed by atoms with Crippen molar-refractivity contribution in [3.05, 3.63) is 85.3 Å². The fraction of sp³-hybridized carbons (Fsp3) is 0. The maximum Gasteiger partial charge on any atom is 0.276 e. The van der Waals surface area contributed by atoms with Gasteiger partial charge in [-0.2, -0.15) is 0 Å². The topological polar surface area (TPSA) is 135 Å². The van der Waals surface area contributed by atoms with E-state index in [1.165, 1.54) is 18.2 Å². The van der Waals surface area contributed by atoms with E-state index in [1.54, 1.807) is 12.1 Å². The second kappa shape index (κ2) is 7.87. The lowest BCUT2D eigenvalue weighted by atomic mass is 10.3. The SMILES string of the molecule is O=[N+]([O-])c1cccc([N+](=O)[O-])c1.[N-]=[N+]=Nc1ccccc1. The highest BCUT2D eigenvalue weighted by Gasteiger charge is 2.11. The number of rotatable bonds is 3. The van der Waals surface area contributed by atoms with Crippen LogP contribution in [0, 0.1) is 20.2 Å². The fourth-order valence-electron chi connectivity index (χ4n) is 1.27. The lowest BCUT2D eigenvalue weighted by molar-refractivity contribution is -0.394. The average molecular weight is 287 g/mol. The maximum atomic E-state index is 10.2. The number of hydrogen-bond acceptors (Lipinski definition) is 5. The summed E-state index contributed by atoms with van der Waals surface area (Å²) >= 11 is 0. The van der Waals surface area contributed by atoms with Crippen LogP contribution < -0.4 is 0 Å². The summed E-state index contributed by atoms with van der Waals surface area (Å²) in [5.41, 5.74) is 8.08. The minimum absolute atomic E-state index is 0.274. The number of nitrogens with zero attached hydrogens (tertiary/aromatic N) is 5. The Kier molecular flexibility index (Phi) is 5.85. The highest BCUT2D eigenvalue weighted by molar-refractivity contribution is 5.42. The highest BCUT2D eigenvalue weighted by atomic mass is 16.6. The summed E-state index contributed by atoms with van der Waals surface area (Å²) in [6, 6.07) is 13.6. The van der Waals surface area contributed by atoms with Gasteiger partial charge < -0.3 is 0 Å². The van der Waals surface area contributed by atoms with E-state index in [2.05, 4.69) is 10.0 Å². The van der Waals surface area contributed by atoms with Crippen LogP contribution in [0.1, 0.15) is 0 Å². The highest BCUT2D eigenvalue weighted by Crippen LogP contribution is 2.18. The Morgan fingerprint density at radius 2 is 1.43 bits per heavy atom. The molecular weight excluding hydrogens is 278 g/mol. The van der Waals surface area contributed by atoms with Crippen molar-refractivity contribution in [1.82, 2.24) is 0 Å². The molecule has 0 atom stereocenters. The normalized spacial score (nSPS) is 8.76. The molecular formula is C12H9N5O4. The van der Waals surface area contributed by atoms with Gasteiger partial charge in [-0.1, -0.05) is 35.4 Å². The summed E-state index contributed by atoms with van der Waals surface area (Å²) in [5, 5.41) is 23.7.